The molecule has 1 unspecified atom stereocenters. The molecule has 0 spiro atoms. The highest BCUT2D eigenvalue weighted by Gasteiger charge is 2.24. The van der Waals surface area contributed by atoms with Crippen molar-refractivity contribution in [2.45, 2.75) is 39.7 Å². The van der Waals surface area contributed by atoms with E-state index in [1.54, 1.807) is 0 Å². The van der Waals surface area contributed by atoms with Crippen LogP contribution < -0.4 is 5.32 Å². The number of rotatable bonds is 3. The second-order valence-corrected chi connectivity index (χ2v) is 5.27. The van der Waals surface area contributed by atoms with Crippen molar-refractivity contribution in [2.24, 2.45) is 11.3 Å². The van der Waals surface area contributed by atoms with Crippen LogP contribution in [0, 0.1) is 11.3 Å². The summed E-state index contributed by atoms with van der Waals surface area (Å²) in [5.74, 6) is 0.139. The third-order valence-electron chi connectivity index (χ3n) is 2.85. The Morgan fingerprint density at radius 2 is 2.00 bits per heavy atom. The Morgan fingerprint density at radius 1 is 1.47 bits per heavy atom. The van der Waals surface area contributed by atoms with Gasteiger partial charge in [0.15, 0.2) is 0 Å². The van der Waals surface area contributed by atoms with Gasteiger partial charge in [0.1, 0.15) is 0 Å². The molecule has 3 nitrogen and oxygen atoms in total. The van der Waals surface area contributed by atoms with Gasteiger partial charge in [-0.25, -0.2) is 0 Å². The van der Waals surface area contributed by atoms with Crippen LogP contribution in [0.2, 0.25) is 0 Å². The second-order valence-electron chi connectivity index (χ2n) is 5.27. The number of hydrogen-bond acceptors (Lipinski definition) is 2. The van der Waals surface area contributed by atoms with Gasteiger partial charge in [0.2, 0.25) is 5.91 Å². The Balaban J connectivity index is 2.28. The molecule has 15 heavy (non-hydrogen) atoms. The molecule has 1 rings (SSSR count). The van der Waals surface area contributed by atoms with E-state index in [2.05, 4.69) is 5.32 Å². The lowest BCUT2D eigenvalue weighted by Gasteiger charge is -2.26. The van der Waals surface area contributed by atoms with Crippen LogP contribution in [0.25, 0.3) is 0 Å². The molecule has 0 aromatic heterocycles. The maximum atomic E-state index is 11.6. The SMILES string of the molecule is CC(C)(C)C(O)CNC(=O)C1CC=CC1. The van der Waals surface area contributed by atoms with Gasteiger partial charge < -0.3 is 10.4 Å². The Labute approximate surface area is 91.6 Å². The monoisotopic (exact) mass is 211 g/mol. The van der Waals surface area contributed by atoms with Gasteiger partial charge in [-0.15, -0.1) is 0 Å². The Bertz CT molecular complexity index is 245. The van der Waals surface area contributed by atoms with Gasteiger partial charge in [-0.3, -0.25) is 4.79 Å². The number of allylic oxidation sites excluding steroid dienone is 2. The number of hydrogen-bond donors (Lipinski definition) is 2. The van der Waals surface area contributed by atoms with Crippen LogP contribution in [-0.4, -0.2) is 23.7 Å². The average Bonchev–Trinajstić information content (AvgIpc) is 2.64. The predicted molar refractivity (Wildman–Crippen MR) is 60.3 cm³/mol. The number of aliphatic hydroxyl groups is 1. The van der Waals surface area contributed by atoms with Crippen LogP contribution in [-0.2, 0) is 4.79 Å². The number of amides is 1. The van der Waals surface area contributed by atoms with E-state index >= 15 is 0 Å². The first kappa shape index (κ1) is 12.2. The van der Waals surface area contributed by atoms with Gasteiger partial charge in [-0.05, 0) is 18.3 Å². The van der Waals surface area contributed by atoms with Crippen LogP contribution in [0.3, 0.4) is 0 Å². The molecule has 0 bridgehead atoms. The molecule has 0 aromatic carbocycles. The van der Waals surface area contributed by atoms with Gasteiger partial charge in [0, 0.05) is 12.5 Å². The van der Waals surface area contributed by atoms with E-state index in [4.69, 9.17) is 0 Å². The predicted octanol–water partition coefficient (Wildman–Crippen LogP) is 1.48. The molecule has 1 aliphatic carbocycles. The molecule has 0 aliphatic heterocycles. The number of aliphatic hydroxyl groups excluding tert-OH is 1. The minimum absolute atomic E-state index is 0.0586. The molecule has 2 N–H and O–H groups in total. The normalized spacial score (nSPS) is 19.2. The van der Waals surface area contributed by atoms with Crippen molar-refractivity contribution in [3.05, 3.63) is 12.2 Å². The van der Waals surface area contributed by atoms with Gasteiger partial charge in [0.05, 0.1) is 6.10 Å². The van der Waals surface area contributed by atoms with Gasteiger partial charge >= 0.3 is 0 Å². The summed E-state index contributed by atoms with van der Waals surface area (Å²) in [6.07, 6.45) is 5.24. The Morgan fingerprint density at radius 3 is 2.47 bits per heavy atom. The smallest absolute Gasteiger partial charge is 0.223 e. The van der Waals surface area contributed by atoms with E-state index in [-0.39, 0.29) is 17.2 Å². The van der Waals surface area contributed by atoms with Crippen LogP contribution >= 0.6 is 0 Å². The van der Waals surface area contributed by atoms with Crippen LogP contribution in [0.1, 0.15) is 33.6 Å². The van der Waals surface area contributed by atoms with Crippen molar-refractivity contribution in [3.8, 4) is 0 Å². The molecule has 1 amide bonds. The standard InChI is InChI=1S/C12H21NO2/c1-12(2,3)10(14)8-13-11(15)9-6-4-5-7-9/h4-5,9-10,14H,6-8H2,1-3H3,(H,13,15). The highest BCUT2D eigenvalue weighted by molar-refractivity contribution is 5.79. The maximum Gasteiger partial charge on any atom is 0.223 e. The summed E-state index contributed by atoms with van der Waals surface area (Å²) in [4.78, 5) is 11.6. The van der Waals surface area contributed by atoms with E-state index in [0.717, 1.165) is 12.8 Å². The fourth-order valence-electron chi connectivity index (χ4n) is 1.48. The summed E-state index contributed by atoms with van der Waals surface area (Å²) in [5.41, 5.74) is -0.179. The molecule has 0 aromatic rings. The molecular weight excluding hydrogens is 190 g/mol. The lowest BCUT2D eigenvalue weighted by molar-refractivity contribution is -0.125. The van der Waals surface area contributed by atoms with Crippen molar-refractivity contribution >= 4 is 5.91 Å². The zero-order valence-corrected chi connectivity index (χ0v) is 9.79. The van der Waals surface area contributed by atoms with Crippen molar-refractivity contribution in [3.63, 3.8) is 0 Å². The fraction of sp³-hybridized carbons (Fsp3) is 0.750. The summed E-state index contributed by atoms with van der Waals surface area (Å²) in [5, 5.41) is 12.5. The molecular formula is C12H21NO2. The van der Waals surface area contributed by atoms with Crippen LogP contribution in [0.4, 0.5) is 0 Å². The third-order valence-corrected chi connectivity index (χ3v) is 2.85. The zero-order valence-electron chi connectivity index (χ0n) is 9.79. The van der Waals surface area contributed by atoms with Crippen molar-refractivity contribution in [1.29, 1.82) is 0 Å². The van der Waals surface area contributed by atoms with Crippen LogP contribution in [0.15, 0.2) is 12.2 Å². The maximum absolute atomic E-state index is 11.6. The number of carbonyl (C=O) groups excluding carboxylic acids is 1. The van der Waals surface area contributed by atoms with Crippen molar-refractivity contribution in [1.82, 2.24) is 5.32 Å². The van der Waals surface area contributed by atoms with Crippen molar-refractivity contribution < 1.29 is 9.90 Å². The first-order chi connectivity index (χ1) is 6.91. The Kier molecular flexibility index (Phi) is 3.91. The lowest BCUT2D eigenvalue weighted by Crippen LogP contribution is -2.41. The van der Waals surface area contributed by atoms with E-state index in [1.165, 1.54) is 0 Å². The third kappa shape index (κ3) is 3.67. The highest BCUT2D eigenvalue weighted by atomic mass is 16.3. The van der Waals surface area contributed by atoms with E-state index in [0.29, 0.717) is 6.54 Å². The summed E-state index contributed by atoms with van der Waals surface area (Å²) in [7, 11) is 0. The zero-order chi connectivity index (χ0) is 11.5. The second kappa shape index (κ2) is 4.79. The molecule has 3 heteroatoms. The minimum Gasteiger partial charge on any atom is -0.391 e. The van der Waals surface area contributed by atoms with Crippen LogP contribution in [0.5, 0.6) is 0 Å². The topological polar surface area (TPSA) is 49.3 Å². The summed E-state index contributed by atoms with van der Waals surface area (Å²) >= 11 is 0. The fourth-order valence-corrected chi connectivity index (χ4v) is 1.48. The minimum atomic E-state index is -0.490. The Hall–Kier alpha value is -0.830. The van der Waals surface area contributed by atoms with Gasteiger partial charge in [-0.1, -0.05) is 32.9 Å². The summed E-state index contributed by atoms with van der Waals surface area (Å²) in [6, 6.07) is 0. The summed E-state index contributed by atoms with van der Waals surface area (Å²) in [6.45, 7) is 6.22. The average molecular weight is 211 g/mol. The first-order valence-electron chi connectivity index (χ1n) is 5.52. The molecule has 0 radical (unpaired) electrons. The summed E-state index contributed by atoms with van der Waals surface area (Å²) < 4.78 is 0. The van der Waals surface area contributed by atoms with E-state index < -0.39 is 6.10 Å². The van der Waals surface area contributed by atoms with Gasteiger partial charge in [-0.2, -0.15) is 0 Å². The molecule has 1 atom stereocenters. The molecule has 0 saturated heterocycles. The van der Waals surface area contributed by atoms with E-state index in [1.807, 2.05) is 32.9 Å². The molecule has 1 aliphatic rings. The quantitative estimate of drug-likeness (QED) is 0.695. The highest BCUT2D eigenvalue weighted by Crippen LogP contribution is 2.20. The number of nitrogens with one attached hydrogen (secondary N) is 1. The lowest BCUT2D eigenvalue weighted by atomic mass is 9.89. The number of carbonyl (C=O) groups is 1. The molecule has 86 valence electrons. The molecule has 0 saturated carbocycles. The largest absolute Gasteiger partial charge is 0.391 e. The van der Waals surface area contributed by atoms with Crippen molar-refractivity contribution in [2.75, 3.05) is 6.54 Å². The molecule has 0 heterocycles. The molecule has 0 fully saturated rings. The van der Waals surface area contributed by atoms with E-state index in [9.17, 15) is 9.90 Å². The first-order valence-corrected chi connectivity index (χ1v) is 5.52. The van der Waals surface area contributed by atoms with Gasteiger partial charge in [0.25, 0.3) is 0 Å².